The van der Waals surface area contributed by atoms with E-state index < -0.39 is 37.2 Å². The zero-order valence-corrected chi connectivity index (χ0v) is 16.2. The van der Waals surface area contributed by atoms with Gasteiger partial charge in [0, 0.05) is 12.8 Å². The van der Waals surface area contributed by atoms with Gasteiger partial charge in [0.2, 0.25) is 0 Å². The Hall–Kier alpha value is -2.76. The van der Waals surface area contributed by atoms with Gasteiger partial charge in [-0.3, -0.25) is 14.2 Å². The zero-order valence-electron chi connectivity index (χ0n) is 15.3. The summed E-state index contributed by atoms with van der Waals surface area (Å²) in [6.07, 6.45) is -0.695. The summed E-state index contributed by atoms with van der Waals surface area (Å²) in [4.78, 5) is 46.4. The van der Waals surface area contributed by atoms with E-state index in [1.165, 1.54) is 0 Å². The second-order valence-electron chi connectivity index (χ2n) is 6.31. The molecule has 0 saturated heterocycles. The van der Waals surface area contributed by atoms with Gasteiger partial charge in [0.1, 0.15) is 19.1 Å². The number of hydrogen-bond donors (Lipinski definition) is 1. The largest absolute Gasteiger partial charge is 0.460 e. The van der Waals surface area contributed by atoms with Crippen molar-refractivity contribution in [2.24, 2.45) is 5.92 Å². The molecule has 0 aliphatic carbocycles. The first kappa shape index (κ1) is 21.5. The molecule has 2 aromatic carbocycles. The molecule has 0 aliphatic heterocycles. The molecule has 0 aromatic heterocycles. The van der Waals surface area contributed by atoms with E-state index >= 15 is 0 Å². The van der Waals surface area contributed by atoms with Gasteiger partial charge in [0.15, 0.2) is 7.37 Å². The summed E-state index contributed by atoms with van der Waals surface area (Å²) in [6, 6.07) is 17.4. The lowest BCUT2D eigenvalue weighted by Crippen LogP contribution is -2.35. The second-order valence-corrected chi connectivity index (χ2v) is 8.77. The number of ether oxygens (including phenoxy) is 2. The van der Waals surface area contributed by atoms with Gasteiger partial charge in [0.25, 0.3) is 5.78 Å². The highest BCUT2D eigenvalue weighted by Gasteiger charge is 2.38. The van der Waals surface area contributed by atoms with Crippen molar-refractivity contribution in [2.45, 2.75) is 13.2 Å². The summed E-state index contributed by atoms with van der Waals surface area (Å²) in [7, 11) is -3.77. The van der Waals surface area contributed by atoms with Gasteiger partial charge in [0.05, 0.1) is 0 Å². The van der Waals surface area contributed by atoms with Gasteiger partial charge in [-0.2, -0.15) is 0 Å². The Kier molecular flexibility index (Phi) is 7.67. The molecular weight excluding hydrogens is 383 g/mol. The second kappa shape index (κ2) is 9.97. The summed E-state index contributed by atoms with van der Waals surface area (Å²) in [6.45, 7) is 0.731. The van der Waals surface area contributed by atoms with Crippen LogP contribution in [0.1, 0.15) is 11.1 Å². The summed E-state index contributed by atoms with van der Waals surface area (Å²) in [5.41, 5.74) is 1.34. The minimum atomic E-state index is -3.77. The number of carbonyl (C=O) groups excluding carboxylic acids is 3. The van der Waals surface area contributed by atoms with Crippen molar-refractivity contribution in [3.05, 3.63) is 71.8 Å². The van der Waals surface area contributed by atoms with Crippen LogP contribution in [-0.2, 0) is 41.6 Å². The van der Waals surface area contributed by atoms with Crippen LogP contribution in [0.15, 0.2) is 60.7 Å². The monoisotopic (exact) mass is 404 g/mol. The summed E-state index contributed by atoms with van der Waals surface area (Å²) >= 11 is 0. The lowest BCUT2D eigenvalue weighted by atomic mass is 10.1. The third-order valence-corrected chi connectivity index (χ3v) is 4.80. The SMILES string of the molecule is CP(=O)(O)CC(C(=O)OCc1ccccc1)C(=O)C(=O)OCc1ccccc1. The standard InChI is InChI=1S/C20H21O7P/c1-28(24,25)14-17(19(22)26-12-15-8-4-2-5-9-15)18(21)20(23)27-13-16-10-6-3-7-11-16/h2-11,17H,12-14H2,1H3,(H,24,25). The Morgan fingerprint density at radius 1 is 0.893 bits per heavy atom. The molecule has 0 spiro atoms. The number of carbonyl (C=O) groups is 3. The molecule has 2 atom stereocenters. The van der Waals surface area contributed by atoms with Crippen molar-refractivity contribution in [3.63, 3.8) is 0 Å². The van der Waals surface area contributed by atoms with E-state index in [0.717, 1.165) is 6.66 Å². The van der Waals surface area contributed by atoms with E-state index in [2.05, 4.69) is 0 Å². The lowest BCUT2D eigenvalue weighted by Gasteiger charge is -2.16. The predicted molar refractivity (Wildman–Crippen MR) is 102 cm³/mol. The Labute approximate surface area is 162 Å². The van der Waals surface area contributed by atoms with Crippen LogP contribution < -0.4 is 0 Å². The molecular formula is C20H21O7P. The van der Waals surface area contributed by atoms with Gasteiger partial charge < -0.3 is 14.4 Å². The molecule has 2 aromatic rings. The Morgan fingerprint density at radius 3 is 1.82 bits per heavy atom. The molecule has 0 bridgehead atoms. The molecule has 2 unspecified atom stereocenters. The molecule has 2 rings (SSSR count). The fourth-order valence-corrected chi connectivity index (χ4v) is 3.36. The normalized spacial score (nSPS) is 13.8. The van der Waals surface area contributed by atoms with Crippen LogP contribution in [0.2, 0.25) is 0 Å². The molecule has 8 heteroatoms. The molecule has 0 aliphatic rings. The Morgan fingerprint density at radius 2 is 1.36 bits per heavy atom. The van der Waals surface area contributed by atoms with E-state index in [1.807, 2.05) is 0 Å². The van der Waals surface area contributed by atoms with Crippen molar-refractivity contribution in [3.8, 4) is 0 Å². The molecule has 7 nitrogen and oxygen atoms in total. The number of rotatable bonds is 9. The maximum atomic E-state index is 12.4. The summed E-state index contributed by atoms with van der Waals surface area (Å²) in [5.74, 6) is -5.20. The third-order valence-electron chi connectivity index (χ3n) is 3.76. The molecule has 1 N–H and O–H groups in total. The number of benzene rings is 2. The van der Waals surface area contributed by atoms with Gasteiger partial charge in [-0.05, 0) is 11.1 Å². The van der Waals surface area contributed by atoms with Crippen molar-refractivity contribution < 1.29 is 33.3 Å². The first-order valence-corrected chi connectivity index (χ1v) is 10.8. The highest BCUT2D eigenvalue weighted by Crippen LogP contribution is 2.38. The number of hydrogen-bond acceptors (Lipinski definition) is 6. The van der Waals surface area contributed by atoms with E-state index in [4.69, 9.17) is 9.47 Å². The van der Waals surface area contributed by atoms with E-state index in [-0.39, 0.29) is 13.2 Å². The minimum absolute atomic E-state index is 0.123. The number of esters is 2. The predicted octanol–water partition coefficient (Wildman–Crippen LogP) is 2.56. The smallest absolute Gasteiger partial charge is 0.375 e. The molecule has 148 valence electrons. The van der Waals surface area contributed by atoms with Crippen LogP contribution in [0.3, 0.4) is 0 Å². The minimum Gasteiger partial charge on any atom is -0.460 e. The van der Waals surface area contributed by atoms with Crippen LogP contribution in [0.5, 0.6) is 0 Å². The maximum absolute atomic E-state index is 12.4. The molecule has 0 saturated carbocycles. The first-order chi connectivity index (χ1) is 13.3. The fourth-order valence-electron chi connectivity index (χ4n) is 2.37. The number of ketones is 1. The highest BCUT2D eigenvalue weighted by molar-refractivity contribution is 7.57. The van der Waals surface area contributed by atoms with Gasteiger partial charge in [-0.15, -0.1) is 0 Å². The summed E-state index contributed by atoms with van der Waals surface area (Å²) in [5, 5.41) is 0. The number of Topliss-reactive ketones (excluding diaryl/α,β-unsaturated/α-hetero) is 1. The lowest BCUT2D eigenvalue weighted by molar-refractivity contribution is -0.162. The maximum Gasteiger partial charge on any atom is 0.375 e. The third kappa shape index (κ3) is 7.10. The van der Waals surface area contributed by atoms with Crippen LogP contribution in [0.25, 0.3) is 0 Å². The van der Waals surface area contributed by atoms with Gasteiger partial charge in [-0.25, -0.2) is 4.79 Å². The van der Waals surface area contributed by atoms with Gasteiger partial charge in [-0.1, -0.05) is 60.7 Å². The quantitative estimate of drug-likeness (QED) is 0.296. The van der Waals surface area contributed by atoms with Crippen molar-refractivity contribution in [2.75, 3.05) is 12.8 Å². The van der Waals surface area contributed by atoms with Crippen LogP contribution in [-0.4, -0.2) is 35.4 Å². The topological polar surface area (TPSA) is 107 Å². The van der Waals surface area contributed by atoms with E-state index in [0.29, 0.717) is 11.1 Å². The Balaban J connectivity index is 2.03. The van der Waals surface area contributed by atoms with Crippen molar-refractivity contribution in [1.82, 2.24) is 0 Å². The van der Waals surface area contributed by atoms with Crippen molar-refractivity contribution in [1.29, 1.82) is 0 Å². The average molecular weight is 404 g/mol. The van der Waals surface area contributed by atoms with Gasteiger partial charge >= 0.3 is 11.9 Å². The average Bonchev–Trinajstić information content (AvgIpc) is 2.68. The zero-order chi connectivity index (χ0) is 20.6. The van der Waals surface area contributed by atoms with Crippen LogP contribution >= 0.6 is 7.37 Å². The van der Waals surface area contributed by atoms with Crippen LogP contribution in [0, 0.1) is 5.92 Å². The molecule has 0 radical (unpaired) electrons. The molecule has 28 heavy (non-hydrogen) atoms. The van der Waals surface area contributed by atoms with E-state index in [1.54, 1.807) is 60.7 Å². The Bertz CT molecular complexity index is 859. The summed E-state index contributed by atoms with van der Waals surface area (Å²) < 4.78 is 21.8. The highest BCUT2D eigenvalue weighted by atomic mass is 31.2. The van der Waals surface area contributed by atoms with E-state index in [9.17, 15) is 23.8 Å². The van der Waals surface area contributed by atoms with Crippen molar-refractivity contribution >= 4 is 25.1 Å². The molecule has 0 heterocycles. The first-order valence-electron chi connectivity index (χ1n) is 8.51. The fraction of sp³-hybridized carbons (Fsp3) is 0.250. The molecule has 0 fully saturated rings. The molecule has 0 amide bonds. The van der Waals surface area contributed by atoms with Crippen LogP contribution in [0.4, 0.5) is 0 Å².